The van der Waals surface area contributed by atoms with Gasteiger partial charge in [-0.05, 0) is 43.9 Å². The number of rotatable bonds is 3. The summed E-state index contributed by atoms with van der Waals surface area (Å²) >= 11 is 3.48. The molecule has 1 aromatic rings. The third kappa shape index (κ3) is 2.30. The average Bonchev–Trinajstić information content (AvgIpc) is 1.99. The molecule has 14 heavy (non-hydrogen) atoms. The highest BCUT2D eigenvalue weighted by Gasteiger charge is 2.23. The number of anilines is 1. The van der Waals surface area contributed by atoms with Gasteiger partial charge in [0.25, 0.3) is 0 Å². The smallest absolute Gasteiger partial charge is 0.0353 e. The van der Waals surface area contributed by atoms with Crippen molar-refractivity contribution in [2.24, 2.45) is 5.92 Å². The Morgan fingerprint density at radius 3 is 2.79 bits per heavy atom. The van der Waals surface area contributed by atoms with Gasteiger partial charge in [0.2, 0.25) is 0 Å². The van der Waals surface area contributed by atoms with E-state index in [9.17, 15) is 0 Å². The molecule has 1 unspecified atom stereocenters. The molecule has 76 valence electrons. The molecule has 2 rings (SSSR count). The van der Waals surface area contributed by atoms with Gasteiger partial charge < -0.3 is 5.32 Å². The summed E-state index contributed by atoms with van der Waals surface area (Å²) in [5, 5.41) is 3.55. The first-order chi connectivity index (χ1) is 6.75. The first-order valence-electron chi connectivity index (χ1n) is 5.28. The molecule has 1 nitrogen and oxygen atoms in total. The van der Waals surface area contributed by atoms with Crippen molar-refractivity contribution in [1.29, 1.82) is 0 Å². The molecule has 0 aromatic heterocycles. The van der Waals surface area contributed by atoms with Crippen molar-refractivity contribution in [1.82, 2.24) is 0 Å². The minimum atomic E-state index is 0.609. The quantitative estimate of drug-likeness (QED) is 0.858. The van der Waals surface area contributed by atoms with Gasteiger partial charge in [0.1, 0.15) is 0 Å². The van der Waals surface area contributed by atoms with Gasteiger partial charge in [-0.15, -0.1) is 0 Å². The second-order valence-electron chi connectivity index (χ2n) is 4.13. The van der Waals surface area contributed by atoms with Crippen LogP contribution in [0.5, 0.6) is 0 Å². The standard InChI is InChI=1S/C12H16BrN/c1-9(10-4-2-5-10)14-12-7-3-6-11(13)8-12/h3,6-10,14H,2,4-5H2,1H3. The summed E-state index contributed by atoms with van der Waals surface area (Å²) < 4.78 is 1.14. The van der Waals surface area contributed by atoms with Crippen LogP contribution in [0.2, 0.25) is 0 Å². The van der Waals surface area contributed by atoms with E-state index < -0.39 is 0 Å². The summed E-state index contributed by atoms with van der Waals surface area (Å²) in [7, 11) is 0. The van der Waals surface area contributed by atoms with Crippen LogP contribution in [0.3, 0.4) is 0 Å². The Labute approximate surface area is 94.0 Å². The zero-order valence-corrected chi connectivity index (χ0v) is 10.0. The third-order valence-electron chi connectivity index (χ3n) is 3.08. The van der Waals surface area contributed by atoms with Crippen LogP contribution in [0.25, 0.3) is 0 Å². The van der Waals surface area contributed by atoms with E-state index >= 15 is 0 Å². The van der Waals surface area contributed by atoms with Crippen molar-refractivity contribution < 1.29 is 0 Å². The molecular formula is C12H16BrN. The molecule has 1 N–H and O–H groups in total. The number of hydrogen-bond donors (Lipinski definition) is 1. The van der Waals surface area contributed by atoms with Crippen LogP contribution < -0.4 is 5.32 Å². The van der Waals surface area contributed by atoms with Crippen molar-refractivity contribution in [2.75, 3.05) is 5.32 Å². The van der Waals surface area contributed by atoms with Crippen molar-refractivity contribution in [3.63, 3.8) is 0 Å². The van der Waals surface area contributed by atoms with E-state index in [4.69, 9.17) is 0 Å². The lowest BCUT2D eigenvalue weighted by Gasteiger charge is -2.32. The van der Waals surface area contributed by atoms with Crippen molar-refractivity contribution in [3.05, 3.63) is 28.7 Å². The Hall–Kier alpha value is -0.500. The number of nitrogens with one attached hydrogen (secondary N) is 1. The molecule has 0 saturated heterocycles. The highest BCUT2D eigenvalue weighted by atomic mass is 79.9. The molecule has 0 aliphatic heterocycles. The second kappa shape index (κ2) is 4.35. The van der Waals surface area contributed by atoms with Gasteiger partial charge in [-0.25, -0.2) is 0 Å². The molecule has 0 heterocycles. The molecule has 1 saturated carbocycles. The largest absolute Gasteiger partial charge is 0.382 e. The number of benzene rings is 1. The van der Waals surface area contributed by atoms with Gasteiger partial charge in [0, 0.05) is 16.2 Å². The van der Waals surface area contributed by atoms with Gasteiger partial charge in [-0.2, -0.15) is 0 Å². The van der Waals surface area contributed by atoms with Crippen LogP contribution in [-0.4, -0.2) is 6.04 Å². The fourth-order valence-electron chi connectivity index (χ4n) is 1.90. The highest BCUT2D eigenvalue weighted by Crippen LogP contribution is 2.31. The highest BCUT2D eigenvalue weighted by molar-refractivity contribution is 9.10. The van der Waals surface area contributed by atoms with Gasteiger partial charge in [-0.3, -0.25) is 0 Å². The maximum Gasteiger partial charge on any atom is 0.0353 e. The molecule has 0 radical (unpaired) electrons. The monoisotopic (exact) mass is 253 g/mol. The minimum absolute atomic E-state index is 0.609. The topological polar surface area (TPSA) is 12.0 Å². The lowest BCUT2D eigenvalue weighted by atomic mass is 9.80. The Morgan fingerprint density at radius 2 is 2.21 bits per heavy atom. The number of hydrogen-bond acceptors (Lipinski definition) is 1. The van der Waals surface area contributed by atoms with Crippen LogP contribution in [-0.2, 0) is 0 Å². The average molecular weight is 254 g/mol. The van der Waals surface area contributed by atoms with Gasteiger partial charge in [0.15, 0.2) is 0 Å². The first kappa shape index (κ1) is 10.0. The molecule has 2 heteroatoms. The SMILES string of the molecule is CC(Nc1cccc(Br)c1)C1CCC1. The van der Waals surface area contributed by atoms with E-state index in [0.717, 1.165) is 10.4 Å². The van der Waals surface area contributed by atoms with Gasteiger partial charge in [0.05, 0.1) is 0 Å². The van der Waals surface area contributed by atoms with Crippen molar-refractivity contribution in [2.45, 2.75) is 32.2 Å². The van der Waals surface area contributed by atoms with Gasteiger partial charge >= 0.3 is 0 Å². The molecule has 1 aliphatic rings. The Kier molecular flexibility index (Phi) is 3.12. The lowest BCUT2D eigenvalue weighted by Crippen LogP contribution is -2.30. The molecule has 0 amide bonds. The maximum atomic E-state index is 3.55. The van der Waals surface area contributed by atoms with Crippen LogP contribution in [0, 0.1) is 5.92 Å². The summed E-state index contributed by atoms with van der Waals surface area (Å²) in [4.78, 5) is 0. The summed E-state index contributed by atoms with van der Waals surface area (Å²) in [5.74, 6) is 0.883. The van der Waals surface area contributed by atoms with Gasteiger partial charge in [-0.1, -0.05) is 28.4 Å². The predicted molar refractivity (Wildman–Crippen MR) is 64.6 cm³/mol. The Balaban J connectivity index is 1.95. The molecule has 0 spiro atoms. The minimum Gasteiger partial charge on any atom is -0.382 e. The molecule has 1 aromatic carbocycles. The summed E-state index contributed by atoms with van der Waals surface area (Å²) in [6.45, 7) is 2.28. The molecule has 0 bridgehead atoms. The van der Waals surface area contributed by atoms with E-state index in [1.807, 2.05) is 0 Å². The van der Waals surface area contributed by atoms with Crippen molar-refractivity contribution in [3.8, 4) is 0 Å². The first-order valence-corrected chi connectivity index (χ1v) is 6.07. The zero-order valence-electron chi connectivity index (χ0n) is 8.46. The summed E-state index contributed by atoms with van der Waals surface area (Å²) in [5.41, 5.74) is 1.22. The summed E-state index contributed by atoms with van der Waals surface area (Å²) in [6.07, 6.45) is 4.19. The van der Waals surface area contributed by atoms with E-state index in [-0.39, 0.29) is 0 Å². The Morgan fingerprint density at radius 1 is 1.43 bits per heavy atom. The molecular weight excluding hydrogens is 238 g/mol. The molecule has 1 fully saturated rings. The van der Waals surface area contributed by atoms with E-state index in [2.05, 4.69) is 52.4 Å². The van der Waals surface area contributed by atoms with Crippen LogP contribution in [0.15, 0.2) is 28.7 Å². The van der Waals surface area contributed by atoms with Crippen LogP contribution in [0.1, 0.15) is 26.2 Å². The fraction of sp³-hybridized carbons (Fsp3) is 0.500. The molecule has 1 aliphatic carbocycles. The predicted octanol–water partition coefficient (Wildman–Crippen LogP) is 4.05. The Bertz CT molecular complexity index is 307. The number of halogens is 1. The van der Waals surface area contributed by atoms with Crippen LogP contribution in [0.4, 0.5) is 5.69 Å². The van der Waals surface area contributed by atoms with E-state index in [1.165, 1.54) is 24.9 Å². The molecule has 1 atom stereocenters. The normalized spacial score (nSPS) is 18.7. The third-order valence-corrected chi connectivity index (χ3v) is 3.57. The van der Waals surface area contributed by atoms with E-state index in [1.54, 1.807) is 0 Å². The maximum absolute atomic E-state index is 3.55. The summed E-state index contributed by atoms with van der Waals surface area (Å²) in [6, 6.07) is 8.99. The lowest BCUT2D eigenvalue weighted by molar-refractivity contribution is 0.285. The van der Waals surface area contributed by atoms with Crippen LogP contribution >= 0.6 is 15.9 Å². The second-order valence-corrected chi connectivity index (χ2v) is 5.05. The zero-order chi connectivity index (χ0) is 9.97. The van der Waals surface area contributed by atoms with E-state index in [0.29, 0.717) is 6.04 Å². The van der Waals surface area contributed by atoms with Crippen molar-refractivity contribution >= 4 is 21.6 Å². The fourth-order valence-corrected chi connectivity index (χ4v) is 2.30.